The number of hydrogen-bond donors (Lipinski definition) is 2. The number of nitrogens with one attached hydrogen (secondary N) is 1. The summed E-state index contributed by atoms with van der Waals surface area (Å²) in [5.41, 5.74) is 7.30. The van der Waals surface area contributed by atoms with Crippen LogP contribution in [0.1, 0.15) is 45.1 Å². The molecule has 5 heteroatoms. The molecule has 0 spiro atoms. The smallest absolute Gasteiger partial charge is 0.262 e. The zero-order chi connectivity index (χ0) is 16.1. The summed E-state index contributed by atoms with van der Waals surface area (Å²) in [5, 5.41) is 2.73. The number of hydrogen-bond acceptors (Lipinski definition) is 3. The number of amides is 2. The Morgan fingerprint density at radius 2 is 1.95 bits per heavy atom. The van der Waals surface area contributed by atoms with E-state index < -0.39 is 11.9 Å². The van der Waals surface area contributed by atoms with Gasteiger partial charge in [0, 0.05) is 4.88 Å². The lowest BCUT2D eigenvalue weighted by atomic mass is 10.1. The van der Waals surface area contributed by atoms with E-state index in [1.807, 2.05) is 31.2 Å². The molecule has 0 bridgehead atoms. The highest BCUT2D eigenvalue weighted by molar-refractivity contribution is 7.14. The molecule has 116 valence electrons. The average Bonchev–Trinajstić information content (AvgIpc) is 2.87. The fourth-order valence-electron chi connectivity index (χ4n) is 2.32. The second-order valence-corrected chi connectivity index (χ2v) is 6.42. The Kier molecular flexibility index (Phi) is 5.33. The molecule has 0 saturated carbocycles. The molecule has 1 aromatic heterocycles. The molecule has 0 fully saturated rings. The van der Waals surface area contributed by atoms with Gasteiger partial charge in [0.1, 0.15) is 6.04 Å². The minimum atomic E-state index is -0.814. The van der Waals surface area contributed by atoms with Gasteiger partial charge >= 0.3 is 0 Å². The third-order valence-electron chi connectivity index (χ3n) is 3.46. The molecule has 2 amide bonds. The quantitative estimate of drug-likeness (QED) is 0.860. The van der Waals surface area contributed by atoms with E-state index in [9.17, 15) is 9.59 Å². The van der Waals surface area contributed by atoms with Crippen molar-refractivity contribution in [3.8, 4) is 0 Å². The van der Waals surface area contributed by atoms with Gasteiger partial charge in [-0.25, -0.2) is 0 Å². The Labute approximate surface area is 134 Å². The lowest BCUT2D eigenvalue weighted by Crippen LogP contribution is -2.37. The molecule has 22 heavy (non-hydrogen) atoms. The topological polar surface area (TPSA) is 72.2 Å². The van der Waals surface area contributed by atoms with Crippen LogP contribution in [0.25, 0.3) is 0 Å². The monoisotopic (exact) mass is 316 g/mol. The van der Waals surface area contributed by atoms with Gasteiger partial charge in [-0.05, 0) is 30.5 Å². The highest BCUT2D eigenvalue weighted by Crippen LogP contribution is 2.23. The molecule has 3 N–H and O–H groups in total. The SMILES string of the molecule is CCCc1cc(C(=O)NC(C(N)=O)c2ccccc2)sc1C. The number of benzene rings is 1. The highest BCUT2D eigenvalue weighted by atomic mass is 32.1. The van der Waals surface area contributed by atoms with E-state index >= 15 is 0 Å². The van der Waals surface area contributed by atoms with Crippen LogP contribution >= 0.6 is 11.3 Å². The molecule has 1 unspecified atom stereocenters. The molecule has 1 aromatic carbocycles. The van der Waals surface area contributed by atoms with Crippen molar-refractivity contribution in [1.82, 2.24) is 5.32 Å². The molecule has 0 saturated heterocycles. The predicted molar refractivity (Wildman–Crippen MR) is 88.9 cm³/mol. The first-order chi connectivity index (χ1) is 10.5. The summed E-state index contributed by atoms with van der Waals surface area (Å²) < 4.78 is 0. The van der Waals surface area contributed by atoms with Crippen LogP contribution in [0.5, 0.6) is 0 Å². The molecule has 4 nitrogen and oxygen atoms in total. The predicted octanol–water partition coefficient (Wildman–Crippen LogP) is 2.97. The summed E-state index contributed by atoms with van der Waals surface area (Å²) >= 11 is 1.45. The van der Waals surface area contributed by atoms with E-state index in [1.165, 1.54) is 16.9 Å². The van der Waals surface area contributed by atoms with Crippen molar-refractivity contribution < 1.29 is 9.59 Å². The first-order valence-electron chi connectivity index (χ1n) is 7.27. The van der Waals surface area contributed by atoms with Gasteiger partial charge in [-0.2, -0.15) is 0 Å². The first-order valence-corrected chi connectivity index (χ1v) is 8.09. The van der Waals surface area contributed by atoms with Crippen molar-refractivity contribution in [3.05, 3.63) is 57.3 Å². The maximum atomic E-state index is 12.4. The van der Waals surface area contributed by atoms with Crippen molar-refractivity contribution in [1.29, 1.82) is 0 Å². The van der Waals surface area contributed by atoms with E-state index in [0.717, 1.165) is 17.7 Å². The molecule has 0 radical (unpaired) electrons. The van der Waals surface area contributed by atoms with Gasteiger partial charge in [-0.3, -0.25) is 9.59 Å². The number of thiophene rings is 1. The Bertz CT molecular complexity index is 665. The van der Waals surface area contributed by atoms with Crippen molar-refractivity contribution in [2.75, 3.05) is 0 Å². The second-order valence-electron chi connectivity index (χ2n) is 5.16. The molecule has 0 aliphatic heterocycles. The van der Waals surface area contributed by atoms with Gasteiger partial charge < -0.3 is 11.1 Å². The number of aryl methyl sites for hydroxylation is 2. The third-order valence-corrected chi connectivity index (χ3v) is 4.55. The summed E-state index contributed by atoms with van der Waals surface area (Å²) in [6, 6.07) is 10.1. The maximum Gasteiger partial charge on any atom is 0.262 e. The van der Waals surface area contributed by atoms with Crippen LogP contribution in [-0.2, 0) is 11.2 Å². The molecule has 0 aliphatic carbocycles. The number of carbonyl (C=O) groups excluding carboxylic acids is 2. The van der Waals surface area contributed by atoms with Gasteiger partial charge in [-0.1, -0.05) is 43.7 Å². The Hall–Kier alpha value is -2.14. The van der Waals surface area contributed by atoms with Gasteiger partial charge in [-0.15, -0.1) is 11.3 Å². The zero-order valence-corrected chi connectivity index (χ0v) is 13.6. The summed E-state index contributed by atoms with van der Waals surface area (Å²) in [6.45, 7) is 4.12. The van der Waals surface area contributed by atoms with E-state index in [4.69, 9.17) is 5.73 Å². The summed E-state index contributed by atoms with van der Waals surface area (Å²) in [5.74, 6) is -0.829. The standard InChI is InChI=1S/C17H20N2O2S/c1-3-7-13-10-14(22-11(13)2)17(21)19-15(16(18)20)12-8-5-4-6-9-12/h4-6,8-10,15H,3,7H2,1-2H3,(H2,18,20)(H,19,21). The molecular weight excluding hydrogens is 296 g/mol. The Morgan fingerprint density at radius 3 is 2.55 bits per heavy atom. The van der Waals surface area contributed by atoms with E-state index in [-0.39, 0.29) is 5.91 Å². The van der Waals surface area contributed by atoms with Crippen LogP contribution in [0, 0.1) is 6.92 Å². The molecular formula is C17H20N2O2S. The number of primary amides is 1. The second kappa shape index (κ2) is 7.22. The van der Waals surface area contributed by atoms with Crippen LogP contribution in [0.3, 0.4) is 0 Å². The molecule has 0 aliphatic rings. The normalized spacial score (nSPS) is 11.9. The van der Waals surface area contributed by atoms with E-state index in [2.05, 4.69) is 12.2 Å². The molecule has 2 aromatic rings. The fraction of sp³-hybridized carbons (Fsp3) is 0.294. The minimum Gasteiger partial charge on any atom is -0.368 e. The van der Waals surface area contributed by atoms with Gasteiger partial charge in [0.2, 0.25) is 5.91 Å². The summed E-state index contributed by atoms with van der Waals surface area (Å²) in [6.07, 6.45) is 1.99. The summed E-state index contributed by atoms with van der Waals surface area (Å²) in [7, 11) is 0. The van der Waals surface area contributed by atoms with Crippen molar-refractivity contribution >= 4 is 23.2 Å². The average molecular weight is 316 g/mol. The first kappa shape index (κ1) is 16.2. The van der Waals surface area contributed by atoms with Gasteiger partial charge in [0.05, 0.1) is 4.88 Å². The van der Waals surface area contributed by atoms with Crippen molar-refractivity contribution in [2.45, 2.75) is 32.7 Å². The van der Waals surface area contributed by atoms with Gasteiger partial charge in [0.15, 0.2) is 0 Å². The van der Waals surface area contributed by atoms with Crippen LogP contribution < -0.4 is 11.1 Å². The lowest BCUT2D eigenvalue weighted by molar-refractivity contribution is -0.120. The van der Waals surface area contributed by atoms with Crippen LogP contribution in [0.4, 0.5) is 0 Å². The third kappa shape index (κ3) is 3.74. The van der Waals surface area contributed by atoms with Crippen LogP contribution in [0.2, 0.25) is 0 Å². The fourth-order valence-corrected chi connectivity index (χ4v) is 3.29. The molecule has 2 rings (SSSR count). The minimum absolute atomic E-state index is 0.261. The highest BCUT2D eigenvalue weighted by Gasteiger charge is 2.22. The molecule has 1 atom stereocenters. The zero-order valence-electron chi connectivity index (χ0n) is 12.8. The number of carbonyl (C=O) groups is 2. The van der Waals surface area contributed by atoms with Crippen LogP contribution in [-0.4, -0.2) is 11.8 Å². The molecule has 1 heterocycles. The van der Waals surface area contributed by atoms with Crippen molar-refractivity contribution in [3.63, 3.8) is 0 Å². The van der Waals surface area contributed by atoms with Crippen molar-refractivity contribution in [2.24, 2.45) is 5.73 Å². The number of rotatable bonds is 6. The van der Waals surface area contributed by atoms with E-state index in [1.54, 1.807) is 12.1 Å². The Balaban J connectivity index is 2.18. The largest absolute Gasteiger partial charge is 0.368 e. The lowest BCUT2D eigenvalue weighted by Gasteiger charge is -2.15. The summed E-state index contributed by atoms with van der Waals surface area (Å²) in [4.78, 5) is 25.8. The van der Waals surface area contributed by atoms with E-state index in [0.29, 0.717) is 10.4 Å². The maximum absolute atomic E-state index is 12.4. The van der Waals surface area contributed by atoms with Crippen LogP contribution in [0.15, 0.2) is 36.4 Å². The Morgan fingerprint density at radius 1 is 1.27 bits per heavy atom. The van der Waals surface area contributed by atoms with Gasteiger partial charge in [0.25, 0.3) is 5.91 Å². The number of nitrogens with two attached hydrogens (primary N) is 1.